The van der Waals surface area contributed by atoms with E-state index in [9.17, 15) is 26.3 Å². The lowest BCUT2D eigenvalue weighted by atomic mass is 9.94. The number of nitrogens with one attached hydrogen (secondary N) is 1. The number of nitrogens with zero attached hydrogens (tertiary/aromatic N) is 4. The summed E-state index contributed by atoms with van der Waals surface area (Å²) >= 11 is 0. The van der Waals surface area contributed by atoms with E-state index in [1.807, 2.05) is 4.90 Å². The van der Waals surface area contributed by atoms with Gasteiger partial charge in [-0.05, 0) is 72.4 Å². The number of fused-ring (bicyclic) bond motifs is 1. The van der Waals surface area contributed by atoms with Gasteiger partial charge in [0.2, 0.25) is 0 Å². The van der Waals surface area contributed by atoms with Gasteiger partial charge in [-0.3, -0.25) is 4.98 Å². The number of aryl methyl sites for hydroxylation is 1. The molecule has 2 atom stereocenters. The maximum Gasteiger partial charge on any atom is 0.573 e. The molecule has 0 radical (unpaired) electrons. The Kier molecular flexibility index (Phi) is 8.64. The fourth-order valence-corrected chi connectivity index (χ4v) is 5.08. The standard InChI is InChI=1S/C27H28F6N6O/c1-17-12-21-23(39(25(34)37-35)16-19-4-2-5-20(13-19)40-27(31,32)33)6-3-11-38(15-18-7-9-36-10-8-18)24(21)14-22(17)26(28,29)30/h2,4-5,7-10,12-14,23,25,35H,3,6,11,15-16,34H2,1H3/p+1. The summed E-state index contributed by atoms with van der Waals surface area (Å²) in [5, 5.41) is 3.56. The van der Waals surface area contributed by atoms with Gasteiger partial charge >= 0.3 is 12.5 Å². The summed E-state index contributed by atoms with van der Waals surface area (Å²) in [4.78, 5) is 7.63. The number of hydrogen-bond donors (Lipinski definition) is 2. The van der Waals surface area contributed by atoms with Gasteiger partial charge in [-0.15, -0.1) is 18.3 Å². The van der Waals surface area contributed by atoms with E-state index in [0.717, 1.165) is 11.6 Å². The van der Waals surface area contributed by atoms with Crippen LogP contribution in [0.25, 0.3) is 0 Å². The van der Waals surface area contributed by atoms with E-state index in [0.29, 0.717) is 42.7 Å². The first kappa shape index (κ1) is 29.3. The Morgan fingerprint density at radius 2 is 1.82 bits per heavy atom. The lowest BCUT2D eigenvalue weighted by Gasteiger charge is -2.33. The number of aromatic nitrogens is 1. The molecule has 2 unspecified atom stereocenters. The molecule has 0 aliphatic carbocycles. The van der Waals surface area contributed by atoms with Crippen LogP contribution in [-0.4, -0.2) is 29.1 Å². The van der Waals surface area contributed by atoms with E-state index in [2.05, 4.69) is 20.6 Å². The largest absolute Gasteiger partial charge is 0.573 e. The molecule has 13 heteroatoms. The van der Waals surface area contributed by atoms with Crippen molar-refractivity contribution in [3.05, 3.63) is 88.7 Å². The zero-order chi connectivity index (χ0) is 29.1. The second-order valence-corrected chi connectivity index (χ2v) is 9.64. The van der Waals surface area contributed by atoms with Crippen LogP contribution in [0.2, 0.25) is 0 Å². The molecule has 4 rings (SSSR count). The van der Waals surface area contributed by atoms with E-state index in [1.54, 1.807) is 35.5 Å². The van der Waals surface area contributed by atoms with Gasteiger partial charge in [0.1, 0.15) is 5.75 Å². The van der Waals surface area contributed by atoms with Gasteiger partial charge in [-0.2, -0.15) is 13.2 Å². The van der Waals surface area contributed by atoms with Crippen molar-refractivity contribution in [2.45, 2.75) is 57.7 Å². The molecule has 1 aromatic heterocycles. The number of quaternary nitrogens is 1. The van der Waals surface area contributed by atoms with Gasteiger partial charge in [-0.1, -0.05) is 18.2 Å². The van der Waals surface area contributed by atoms with Crippen LogP contribution in [-0.2, 0) is 19.3 Å². The van der Waals surface area contributed by atoms with Crippen LogP contribution < -0.4 is 15.4 Å². The predicted molar refractivity (Wildman–Crippen MR) is 134 cm³/mol. The third-order valence-corrected chi connectivity index (χ3v) is 6.84. The average Bonchev–Trinajstić information content (AvgIpc) is 3.04. The lowest BCUT2D eigenvalue weighted by Crippen LogP contribution is -2.68. The van der Waals surface area contributed by atoms with Crippen molar-refractivity contribution in [1.29, 1.82) is 5.53 Å². The molecule has 1 aliphatic heterocycles. The molecule has 0 bridgehead atoms. The molecule has 2 heterocycles. The molecular weight excluding hydrogens is 538 g/mol. The van der Waals surface area contributed by atoms with Crippen molar-refractivity contribution in [3.8, 4) is 5.75 Å². The number of halogens is 6. The maximum atomic E-state index is 14.0. The van der Waals surface area contributed by atoms with Crippen LogP contribution in [0, 0.1) is 12.5 Å². The number of ether oxygens (including phenoxy) is 1. The first-order valence-corrected chi connectivity index (χ1v) is 12.5. The first-order valence-electron chi connectivity index (χ1n) is 12.5. The Balaban J connectivity index is 1.78. The van der Waals surface area contributed by atoms with Crippen molar-refractivity contribution in [3.63, 3.8) is 0 Å². The summed E-state index contributed by atoms with van der Waals surface area (Å²) in [5.74, 6) is -0.399. The van der Waals surface area contributed by atoms with Gasteiger partial charge in [0.25, 0.3) is 6.29 Å². The van der Waals surface area contributed by atoms with E-state index in [-0.39, 0.29) is 12.1 Å². The van der Waals surface area contributed by atoms with Gasteiger partial charge in [0.15, 0.2) is 0 Å². The van der Waals surface area contributed by atoms with Crippen LogP contribution in [0.3, 0.4) is 0 Å². The van der Waals surface area contributed by atoms with Crippen molar-refractivity contribution in [2.75, 3.05) is 11.4 Å². The van der Waals surface area contributed by atoms with E-state index < -0.39 is 36.2 Å². The Bertz CT molecular complexity index is 1320. The minimum atomic E-state index is -4.87. The zero-order valence-electron chi connectivity index (χ0n) is 21.6. The molecule has 7 nitrogen and oxygen atoms in total. The van der Waals surface area contributed by atoms with Crippen LogP contribution >= 0.6 is 0 Å². The number of anilines is 1. The Morgan fingerprint density at radius 1 is 1.10 bits per heavy atom. The smallest absolute Gasteiger partial charge is 0.406 e. The molecule has 0 amide bonds. The predicted octanol–water partition coefficient (Wildman–Crippen LogP) is 6.21. The molecule has 1 aliphatic rings. The second-order valence-electron chi connectivity index (χ2n) is 9.64. The van der Waals surface area contributed by atoms with Gasteiger partial charge in [0.05, 0.1) is 5.56 Å². The van der Waals surface area contributed by atoms with Gasteiger partial charge < -0.3 is 15.4 Å². The monoisotopic (exact) mass is 567 g/mol. The third-order valence-electron chi connectivity index (χ3n) is 6.84. The zero-order valence-corrected chi connectivity index (χ0v) is 21.6. The summed E-state index contributed by atoms with van der Waals surface area (Å²) in [6.07, 6.45) is -6.03. The molecular formula is C27H29F6N6O+. The first-order chi connectivity index (χ1) is 18.9. The van der Waals surface area contributed by atoms with Crippen molar-refractivity contribution >= 4 is 5.69 Å². The minimum Gasteiger partial charge on any atom is -0.406 e. The number of pyridine rings is 1. The van der Waals surface area contributed by atoms with E-state index >= 15 is 0 Å². The Morgan fingerprint density at radius 3 is 2.48 bits per heavy atom. The topological polar surface area (TPSA) is 92.5 Å². The van der Waals surface area contributed by atoms with Crippen LogP contribution in [0.4, 0.5) is 32.0 Å². The van der Waals surface area contributed by atoms with Crippen molar-refractivity contribution < 1.29 is 36.8 Å². The number of alkyl halides is 6. The fourth-order valence-electron chi connectivity index (χ4n) is 5.08. The van der Waals surface area contributed by atoms with E-state index in [4.69, 9.17) is 5.53 Å². The molecule has 0 saturated carbocycles. The molecule has 0 saturated heterocycles. The van der Waals surface area contributed by atoms with Crippen molar-refractivity contribution in [2.24, 2.45) is 5.11 Å². The molecule has 3 aromatic rings. The van der Waals surface area contributed by atoms with E-state index in [1.165, 1.54) is 31.2 Å². The normalized spacial score (nSPS) is 16.8. The highest BCUT2D eigenvalue weighted by Gasteiger charge is 2.38. The summed E-state index contributed by atoms with van der Waals surface area (Å²) in [5.41, 5.74) is 13.2. The molecule has 214 valence electrons. The fraction of sp³-hybridized carbons (Fsp3) is 0.370. The summed E-state index contributed by atoms with van der Waals surface area (Å²) < 4.78 is 84.4. The van der Waals surface area contributed by atoms with Gasteiger partial charge in [-0.25, -0.2) is 10.4 Å². The lowest BCUT2D eigenvalue weighted by molar-refractivity contribution is -0.463. The highest BCUT2D eigenvalue weighted by molar-refractivity contribution is 5.60. The third kappa shape index (κ3) is 7.07. The summed E-state index contributed by atoms with van der Waals surface area (Å²) in [6, 6.07) is 11.2. The minimum absolute atomic E-state index is 0.0418. The highest BCUT2D eigenvalue weighted by Crippen LogP contribution is 2.43. The quantitative estimate of drug-likeness (QED) is 0.192. The number of rotatable bonds is 8. The highest BCUT2D eigenvalue weighted by atomic mass is 19.4. The van der Waals surface area contributed by atoms with Crippen LogP contribution in [0.5, 0.6) is 5.75 Å². The van der Waals surface area contributed by atoms with Crippen molar-refractivity contribution in [1.82, 2.24) is 9.88 Å². The summed E-state index contributed by atoms with van der Waals surface area (Å²) in [6.45, 7) is 2.27. The van der Waals surface area contributed by atoms with Gasteiger partial charge in [0, 0.05) is 43.8 Å². The number of hydrogen-bond acceptors (Lipinski definition) is 6. The molecule has 0 spiro atoms. The maximum absolute atomic E-state index is 14.0. The second kappa shape index (κ2) is 11.8. The molecule has 2 aromatic carbocycles. The average molecular weight is 568 g/mol. The Hall–Kier alpha value is -3.71. The van der Waals surface area contributed by atoms with Crippen LogP contribution in [0.1, 0.15) is 46.7 Å². The molecule has 0 fully saturated rings. The Labute approximate surface area is 227 Å². The van der Waals surface area contributed by atoms with Crippen LogP contribution in [0.15, 0.2) is 66.0 Å². The SMILES string of the molecule is Cc1cc2c(cc1C(F)(F)F)N(Cc1ccncc1)CCCC2N(Cc1cccc(OC(F)(F)F)c1)C([NH3+])N=N. The molecule has 4 N–H and O–H groups in total. The number of benzene rings is 2. The molecule has 40 heavy (non-hydrogen) atoms. The summed E-state index contributed by atoms with van der Waals surface area (Å²) in [7, 11) is 0.